The standard InChI is InChI=1S/C18H13F5N2O5S3/c19-14-9-13(33(28,29)25-17-24-10-16(20)31-17)5-6-15(14)32(26,27)8-7-11-1-3-12(4-2-11)30-18(21,22)23/h1-6,9-10H,7-8H2,(H,24,25). The zero-order valence-electron chi connectivity index (χ0n) is 16.1. The lowest BCUT2D eigenvalue weighted by molar-refractivity contribution is -0.274. The molecule has 2 aromatic carbocycles. The maximum atomic E-state index is 14.5. The first-order valence-corrected chi connectivity index (χ1v) is 12.7. The molecular weight excluding hydrogens is 515 g/mol. The Bertz CT molecular complexity index is 1350. The Labute approximate surface area is 188 Å². The maximum Gasteiger partial charge on any atom is 0.573 e. The Morgan fingerprint density at radius 2 is 1.67 bits per heavy atom. The fourth-order valence-electron chi connectivity index (χ4n) is 2.60. The lowest BCUT2D eigenvalue weighted by atomic mass is 10.2. The summed E-state index contributed by atoms with van der Waals surface area (Å²) in [7, 11) is -8.56. The normalized spacial score (nSPS) is 12.5. The number of sulfone groups is 1. The zero-order valence-corrected chi connectivity index (χ0v) is 18.6. The number of aromatic nitrogens is 1. The van der Waals surface area contributed by atoms with Crippen LogP contribution in [0.4, 0.5) is 27.1 Å². The number of anilines is 1. The van der Waals surface area contributed by atoms with Gasteiger partial charge in [0.15, 0.2) is 20.1 Å². The van der Waals surface area contributed by atoms with E-state index in [9.17, 15) is 38.8 Å². The van der Waals surface area contributed by atoms with E-state index < -0.39 is 58.5 Å². The fourth-order valence-corrected chi connectivity index (χ4v) is 5.75. The molecule has 0 fully saturated rings. The smallest absolute Gasteiger partial charge is 0.406 e. The van der Waals surface area contributed by atoms with Crippen LogP contribution >= 0.6 is 11.3 Å². The highest BCUT2D eigenvalue weighted by atomic mass is 32.2. The number of benzene rings is 2. The Kier molecular flexibility index (Phi) is 6.95. The molecule has 0 atom stereocenters. The lowest BCUT2D eigenvalue weighted by Crippen LogP contribution is -2.17. The van der Waals surface area contributed by atoms with E-state index in [2.05, 4.69) is 9.72 Å². The highest BCUT2D eigenvalue weighted by molar-refractivity contribution is 7.93. The average molecular weight is 529 g/mol. The minimum absolute atomic E-state index is 0.148. The summed E-state index contributed by atoms with van der Waals surface area (Å²) >= 11 is 0.408. The molecule has 0 aliphatic carbocycles. The number of ether oxygens (including phenoxy) is 1. The summed E-state index contributed by atoms with van der Waals surface area (Å²) in [6, 6.07) is 6.63. The molecule has 0 amide bonds. The number of nitrogens with one attached hydrogen (secondary N) is 1. The second-order valence-corrected chi connectivity index (χ2v) is 11.2. The molecule has 15 heteroatoms. The van der Waals surface area contributed by atoms with Crippen molar-refractivity contribution in [2.45, 2.75) is 22.6 Å². The van der Waals surface area contributed by atoms with Crippen molar-refractivity contribution in [1.82, 2.24) is 4.98 Å². The molecule has 1 aromatic heterocycles. The van der Waals surface area contributed by atoms with Gasteiger partial charge in [-0.25, -0.2) is 26.2 Å². The van der Waals surface area contributed by atoms with Gasteiger partial charge in [-0.3, -0.25) is 4.72 Å². The summed E-state index contributed by atoms with van der Waals surface area (Å²) in [4.78, 5) is 2.13. The molecule has 7 nitrogen and oxygen atoms in total. The van der Waals surface area contributed by atoms with Crippen molar-refractivity contribution >= 4 is 36.3 Å². The molecule has 3 aromatic rings. The highest BCUT2D eigenvalue weighted by Gasteiger charge is 2.31. The number of alkyl halides is 3. The molecule has 33 heavy (non-hydrogen) atoms. The van der Waals surface area contributed by atoms with Crippen molar-refractivity contribution in [3.8, 4) is 5.75 Å². The number of nitrogens with zero attached hydrogens (tertiary/aromatic N) is 1. The molecule has 0 spiro atoms. The van der Waals surface area contributed by atoms with Gasteiger partial charge in [-0.2, -0.15) is 4.39 Å². The highest BCUT2D eigenvalue weighted by Crippen LogP contribution is 2.25. The quantitative estimate of drug-likeness (QED) is 0.441. The van der Waals surface area contributed by atoms with E-state index in [-0.39, 0.29) is 11.6 Å². The monoisotopic (exact) mass is 528 g/mol. The predicted octanol–water partition coefficient (Wildman–Crippen LogP) is 4.14. The van der Waals surface area contributed by atoms with Gasteiger partial charge in [0.2, 0.25) is 0 Å². The minimum Gasteiger partial charge on any atom is -0.406 e. The van der Waals surface area contributed by atoms with Crippen LogP contribution < -0.4 is 9.46 Å². The summed E-state index contributed by atoms with van der Waals surface area (Å²) < 4.78 is 119. The van der Waals surface area contributed by atoms with Crippen LogP contribution in [0, 0.1) is 10.9 Å². The molecule has 0 aliphatic rings. The Hall–Kier alpha value is -2.78. The number of aryl methyl sites for hydroxylation is 1. The average Bonchev–Trinajstić information content (AvgIpc) is 3.10. The van der Waals surface area contributed by atoms with Gasteiger partial charge in [0.25, 0.3) is 10.0 Å². The first-order valence-electron chi connectivity index (χ1n) is 8.76. The van der Waals surface area contributed by atoms with Gasteiger partial charge in [-0.1, -0.05) is 23.5 Å². The Balaban J connectivity index is 1.72. The number of hydrogen-bond donors (Lipinski definition) is 1. The van der Waals surface area contributed by atoms with E-state index in [0.717, 1.165) is 30.5 Å². The topological polar surface area (TPSA) is 102 Å². The third-order valence-corrected chi connectivity index (χ3v) is 7.97. The van der Waals surface area contributed by atoms with Crippen molar-refractivity contribution in [3.63, 3.8) is 0 Å². The van der Waals surface area contributed by atoms with Crippen LogP contribution in [0.2, 0.25) is 0 Å². The molecule has 0 saturated carbocycles. The Morgan fingerprint density at radius 3 is 2.21 bits per heavy atom. The van der Waals surface area contributed by atoms with Crippen molar-refractivity contribution in [2.24, 2.45) is 0 Å². The molecule has 3 rings (SSSR count). The van der Waals surface area contributed by atoms with Crippen molar-refractivity contribution < 1.29 is 43.5 Å². The van der Waals surface area contributed by atoms with Crippen LogP contribution in [0.3, 0.4) is 0 Å². The third kappa shape index (κ3) is 6.61. The first kappa shape index (κ1) is 24.9. The molecule has 0 unspecified atom stereocenters. The van der Waals surface area contributed by atoms with E-state index >= 15 is 0 Å². The molecule has 0 radical (unpaired) electrons. The van der Waals surface area contributed by atoms with Crippen LogP contribution in [-0.4, -0.2) is 33.9 Å². The van der Waals surface area contributed by atoms with E-state index in [1.165, 1.54) is 12.1 Å². The largest absolute Gasteiger partial charge is 0.573 e. The summed E-state index contributed by atoms with van der Waals surface area (Å²) in [5, 5.41) is -1.04. The van der Waals surface area contributed by atoms with Crippen LogP contribution in [-0.2, 0) is 26.3 Å². The lowest BCUT2D eigenvalue weighted by Gasteiger charge is -2.10. The zero-order chi connectivity index (χ0) is 24.4. The molecular formula is C18H13F5N2O5S3. The van der Waals surface area contributed by atoms with E-state index in [1.807, 2.05) is 4.72 Å². The SMILES string of the molecule is O=S(=O)(CCc1ccc(OC(F)(F)F)cc1)c1ccc(S(=O)(=O)Nc2ncc(F)s2)cc1F. The maximum absolute atomic E-state index is 14.5. The summed E-state index contributed by atoms with van der Waals surface area (Å²) in [6.45, 7) is 0. The minimum atomic E-state index is -4.87. The molecule has 0 saturated heterocycles. The van der Waals surface area contributed by atoms with E-state index in [1.54, 1.807) is 0 Å². The predicted molar refractivity (Wildman–Crippen MR) is 108 cm³/mol. The van der Waals surface area contributed by atoms with Crippen LogP contribution in [0.25, 0.3) is 0 Å². The van der Waals surface area contributed by atoms with Gasteiger partial charge < -0.3 is 4.74 Å². The van der Waals surface area contributed by atoms with Gasteiger partial charge in [0.1, 0.15) is 16.5 Å². The number of hydrogen-bond acceptors (Lipinski definition) is 7. The number of thiazole rings is 1. The number of halogens is 5. The van der Waals surface area contributed by atoms with Gasteiger partial charge >= 0.3 is 6.36 Å². The third-order valence-electron chi connectivity index (χ3n) is 4.06. The number of sulfonamides is 1. The first-order chi connectivity index (χ1) is 15.2. The summed E-state index contributed by atoms with van der Waals surface area (Å²) in [5.41, 5.74) is 0.354. The van der Waals surface area contributed by atoms with Gasteiger partial charge in [-0.15, -0.1) is 13.2 Å². The van der Waals surface area contributed by atoms with Crippen LogP contribution in [0.5, 0.6) is 5.75 Å². The fraction of sp³-hybridized carbons (Fsp3) is 0.167. The summed E-state index contributed by atoms with van der Waals surface area (Å²) in [6.07, 6.45) is -4.23. The van der Waals surface area contributed by atoms with Crippen molar-refractivity contribution in [3.05, 3.63) is 65.2 Å². The second-order valence-electron chi connectivity index (χ2n) is 6.43. The Morgan fingerprint density at radius 1 is 1.00 bits per heavy atom. The van der Waals surface area contributed by atoms with Crippen LogP contribution in [0.15, 0.2) is 58.5 Å². The summed E-state index contributed by atoms with van der Waals surface area (Å²) in [5.74, 6) is -2.39. The second kappa shape index (κ2) is 9.23. The van der Waals surface area contributed by atoms with Crippen molar-refractivity contribution in [2.75, 3.05) is 10.5 Å². The molecule has 178 valence electrons. The van der Waals surface area contributed by atoms with Crippen molar-refractivity contribution in [1.29, 1.82) is 0 Å². The van der Waals surface area contributed by atoms with E-state index in [4.69, 9.17) is 0 Å². The van der Waals surface area contributed by atoms with E-state index in [0.29, 0.717) is 23.0 Å². The van der Waals surface area contributed by atoms with Crippen LogP contribution in [0.1, 0.15) is 5.56 Å². The number of rotatable bonds is 8. The molecule has 0 aliphatic heterocycles. The molecule has 0 bridgehead atoms. The molecule has 1 heterocycles. The van der Waals surface area contributed by atoms with Gasteiger partial charge in [0.05, 0.1) is 16.8 Å². The van der Waals surface area contributed by atoms with Gasteiger partial charge in [-0.05, 0) is 42.3 Å². The molecule has 1 N–H and O–H groups in total. The van der Waals surface area contributed by atoms with Gasteiger partial charge in [0, 0.05) is 0 Å².